The average Bonchev–Trinajstić information content (AvgIpc) is 3.26. The molecule has 11 heteroatoms. The third kappa shape index (κ3) is 31.3. The van der Waals surface area contributed by atoms with Crippen LogP contribution in [0.25, 0.3) is 0 Å². The Labute approximate surface area is 373 Å². The predicted octanol–water partition coefficient (Wildman–Crippen LogP) is 10.6. The molecule has 352 valence electrons. The molecule has 1 heterocycles. The van der Waals surface area contributed by atoms with Gasteiger partial charge < -0.3 is 39.4 Å². The number of hydrogen-bond acceptors (Lipinski definition) is 10. The van der Waals surface area contributed by atoms with Crippen LogP contribution in [0.5, 0.6) is 0 Å². The molecule has 62 heavy (non-hydrogen) atoms. The van der Waals surface area contributed by atoms with E-state index < -0.39 is 61.3 Å². The minimum Gasteiger partial charge on any atom is -0.479 e. The minimum absolute atomic E-state index is 0.142. The molecule has 4 N–H and O–H groups in total. The van der Waals surface area contributed by atoms with Crippen molar-refractivity contribution in [1.29, 1.82) is 0 Å². The van der Waals surface area contributed by atoms with Gasteiger partial charge in [-0.15, -0.1) is 0 Å². The second-order valence-corrected chi connectivity index (χ2v) is 15.8. The normalized spacial score (nSPS) is 20.3. The number of carbonyl (C=O) groups is 3. The number of carboxylic acid groups (broad SMARTS) is 1. The van der Waals surface area contributed by atoms with Crippen molar-refractivity contribution in [1.82, 2.24) is 0 Å². The average molecular weight is 871 g/mol. The van der Waals surface area contributed by atoms with E-state index in [1.165, 1.54) is 38.5 Å². The maximum atomic E-state index is 12.8. The van der Waals surface area contributed by atoms with Crippen LogP contribution in [0.2, 0.25) is 0 Å². The molecule has 0 aliphatic carbocycles. The van der Waals surface area contributed by atoms with Crippen LogP contribution in [0, 0.1) is 0 Å². The highest BCUT2D eigenvalue weighted by Gasteiger charge is 2.47. The van der Waals surface area contributed by atoms with Gasteiger partial charge in [0.15, 0.2) is 18.5 Å². The van der Waals surface area contributed by atoms with Gasteiger partial charge in [0.25, 0.3) is 0 Å². The van der Waals surface area contributed by atoms with E-state index in [0.717, 1.165) is 89.9 Å². The molecule has 1 rings (SSSR count). The van der Waals surface area contributed by atoms with Crippen LogP contribution in [0.3, 0.4) is 0 Å². The summed E-state index contributed by atoms with van der Waals surface area (Å²) in [5, 5.41) is 39.8. The smallest absolute Gasteiger partial charge is 0.335 e. The Morgan fingerprint density at radius 2 is 0.903 bits per heavy atom. The van der Waals surface area contributed by atoms with Crippen LogP contribution in [-0.2, 0) is 33.3 Å². The highest BCUT2D eigenvalue weighted by atomic mass is 16.7. The molecule has 0 aromatic carbocycles. The standard InChI is InChI=1S/C51H82O11/c1-3-5-7-9-11-13-15-17-18-19-20-21-22-23-24-25-26-28-29-31-33-35-37-39-44(52)59-41-43(42-60-51-48(56)46(54)47(55)49(62-51)50(57)58)61-45(53)40-38-36-34-32-30-27-16-14-12-10-8-6-4-2/h5-8,11-14,17-18,20-21,27,30,43,46-49,51,54-56H,3-4,9-10,15-16,19,22-26,28-29,31-42H2,1-2H3,(H,57,58)/b7-5-,8-6-,13-11-,14-12-,18-17-,21-20-,30-27-. The summed E-state index contributed by atoms with van der Waals surface area (Å²) >= 11 is 0. The molecule has 0 radical (unpaired) electrons. The quantitative estimate of drug-likeness (QED) is 0.0265. The summed E-state index contributed by atoms with van der Waals surface area (Å²) < 4.78 is 21.7. The molecule has 0 amide bonds. The van der Waals surface area contributed by atoms with Crippen molar-refractivity contribution in [2.45, 2.75) is 205 Å². The van der Waals surface area contributed by atoms with Gasteiger partial charge in [-0.2, -0.15) is 0 Å². The lowest BCUT2D eigenvalue weighted by atomic mass is 9.99. The maximum Gasteiger partial charge on any atom is 0.335 e. The lowest BCUT2D eigenvalue weighted by molar-refractivity contribution is -0.298. The first-order valence-electron chi connectivity index (χ1n) is 23.6. The van der Waals surface area contributed by atoms with Gasteiger partial charge in [0.1, 0.15) is 24.9 Å². The van der Waals surface area contributed by atoms with Gasteiger partial charge in [0.2, 0.25) is 0 Å². The van der Waals surface area contributed by atoms with Gasteiger partial charge in [-0.1, -0.05) is 157 Å². The third-order valence-corrected chi connectivity index (χ3v) is 10.2. The van der Waals surface area contributed by atoms with E-state index in [0.29, 0.717) is 12.8 Å². The second kappa shape index (κ2) is 40.2. The first-order chi connectivity index (χ1) is 30.2. The molecule has 11 nitrogen and oxygen atoms in total. The number of aliphatic carboxylic acids is 1. The van der Waals surface area contributed by atoms with E-state index in [-0.39, 0.29) is 19.4 Å². The summed E-state index contributed by atoms with van der Waals surface area (Å²) in [6, 6.07) is 0. The summed E-state index contributed by atoms with van der Waals surface area (Å²) in [4.78, 5) is 36.9. The van der Waals surface area contributed by atoms with E-state index in [4.69, 9.17) is 18.9 Å². The van der Waals surface area contributed by atoms with Crippen molar-refractivity contribution in [3.05, 3.63) is 85.1 Å². The topological polar surface area (TPSA) is 169 Å². The number of hydrogen-bond donors (Lipinski definition) is 4. The Bertz CT molecular complexity index is 1350. The Morgan fingerprint density at radius 3 is 1.37 bits per heavy atom. The van der Waals surface area contributed by atoms with Crippen molar-refractivity contribution < 1.29 is 53.8 Å². The Hall–Kier alpha value is -3.61. The number of carboxylic acids is 1. The van der Waals surface area contributed by atoms with Crippen molar-refractivity contribution in [3.8, 4) is 0 Å². The van der Waals surface area contributed by atoms with Crippen molar-refractivity contribution in [2.75, 3.05) is 13.2 Å². The van der Waals surface area contributed by atoms with Gasteiger partial charge in [0.05, 0.1) is 6.61 Å². The second-order valence-electron chi connectivity index (χ2n) is 15.8. The Kier molecular flexibility index (Phi) is 36.6. The van der Waals surface area contributed by atoms with Gasteiger partial charge in [0, 0.05) is 12.8 Å². The zero-order valence-corrected chi connectivity index (χ0v) is 38.1. The lowest BCUT2D eigenvalue weighted by Gasteiger charge is -2.38. The fourth-order valence-corrected chi connectivity index (χ4v) is 6.59. The SMILES string of the molecule is CC/C=C\C/C=C\C/C=C\C/C=C\CCCCCCCCCCCCC(=O)OCC(COC1OC(C(=O)O)C(O)C(O)C1O)OC(=O)CCCCC/C=C\C/C=C\C/C=C\CC. The van der Waals surface area contributed by atoms with Crippen LogP contribution < -0.4 is 0 Å². The highest BCUT2D eigenvalue weighted by Crippen LogP contribution is 2.23. The summed E-state index contributed by atoms with van der Waals surface area (Å²) in [6.07, 6.45) is 43.5. The van der Waals surface area contributed by atoms with Gasteiger partial charge in [-0.25, -0.2) is 4.79 Å². The molecule has 0 bridgehead atoms. The number of aliphatic hydroxyl groups excluding tert-OH is 3. The van der Waals surface area contributed by atoms with Gasteiger partial charge in [-0.3, -0.25) is 9.59 Å². The first-order valence-corrected chi connectivity index (χ1v) is 23.6. The van der Waals surface area contributed by atoms with Crippen molar-refractivity contribution in [3.63, 3.8) is 0 Å². The molecule has 0 spiro atoms. The fraction of sp³-hybridized carbons (Fsp3) is 0.667. The summed E-state index contributed by atoms with van der Waals surface area (Å²) in [7, 11) is 0. The van der Waals surface area contributed by atoms with Crippen LogP contribution in [0.1, 0.15) is 168 Å². The number of unbranched alkanes of at least 4 members (excludes halogenated alkanes) is 13. The van der Waals surface area contributed by atoms with E-state index >= 15 is 0 Å². The van der Waals surface area contributed by atoms with Crippen LogP contribution >= 0.6 is 0 Å². The Morgan fingerprint density at radius 1 is 0.500 bits per heavy atom. The molecule has 1 aliphatic rings. The Balaban J connectivity index is 2.32. The zero-order valence-electron chi connectivity index (χ0n) is 38.1. The maximum absolute atomic E-state index is 12.8. The molecule has 1 aliphatic heterocycles. The summed E-state index contributed by atoms with van der Waals surface area (Å²) in [5.41, 5.74) is 0. The predicted molar refractivity (Wildman–Crippen MR) is 247 cm³/mol. The van der Waals surface area contributed by atoms with Crippen LogP contribution in [0.4, 0.5) is 0 Å². The lowest BCUT2D eigenvalue weighted by Crippen LogP contribution is -2.60. The number of ether oxygens (including phenoxy) is 4. The van der Waals surface area contributed by atoms with Crippen molar-refractivity contribution in [2.24, 2.45) is 0 Å². The van der Waals surface area contributed by atoms with E-state index in [1.54, 1.807) is 0 Å². The number of aliphatic hydroxyl groups is 3. The van der Waals surface area contributed by atoms with Crippen LogP contribution in [0.15, 0.2) is 85.1 Å². The van der Waals surface area contributed by atoms with Gasteiger partial charge in [-0.05, 0) is 83.5 Å². The number of rotatable bonds is 38. The summed E-state index contributed by atoms with van der Waals surface area (Å²) in [5.74, 6) is -2.50. The van der Waals surface area contributed by atoms with Crippen molar-refractivity contribution >= 4 is 17.9 Å². The molecule has 0 saturated carbocycles. The number of esters is 2. The van der Waals surface area contributed by atoms with Gasteiger partial charge >= 0.3 is 17.9 Å². The zero-order chi connectivity index (χ0) is 45.3. The number of carbonyl (C=O) groups excluding carboxylic acids is 2. The summed E-state index contributed by atoms with van der Waals surface area (Å²) in [6.45, 7) is 3.55. The highest BCUT2D eigenvalue weighted by molar-refractivity contribution is 5.73. The molecule has 1 fully saturated rings. The molecule has 6 unspecified atom stereocenters. The van der Waals surface area contributed by atoms with Crippen LogP contribution in [-0.4, -0.2) is 88.4 Å². The monoisotopic (exact) mass is 871 g/mol. The molecule has 6 atom stereocenters. The largest absolute Gasteiger partial charge is 0.479 e. The fourth-order valence-electron chi connectivity index (χ4n) is 6.59. The van der Waals surface area contributed by atoms with E-state index in [2.05, 4.69) is 98.9 Å². The molecule has 0 aromatic heterocycles. The number of allylic oxidation sites excluding steroid dienone is 14. The third-order valence-electron chi connectivity index (χ3n) is 10.2. The molecule has 1 saturated heterocycles. The minimum atomic E-state index is -1.87. The van der Waals surface area contributed by atoms with E-state index in [1.807, 2.05) is 0 Å². The first kappa shape index (κ1) is 56.4. The molecular weight excluding hydrogens is 789 g/mol. The van der Waals surface area contributed by atoms with E-state index in [9.17, 15) is 34.8 Å². The molecule has 0 aromatic rings. The molecular formula is C51H82O11.